The molecule has 0 saturated heterocycles. The van der Waals surface area contributed by atoms with Crippen molar-refractivity contribution in [1.82, 2.24) is 0 Å². The zero-order chi connectivity index (χ0) is 8.15. The van der Waals surface area contributed by atoms with Crippen molar-refractivity contribution in [3.8, 4) is 0 Å². The number of aliphatic hydroxyl groups is 1. The van der Waals surface area contributed by atoms with Crippen molar-refractivity contribution in [1.29, 1.82) is 0 Å². The van der Waals surface area contributed by atoms with E-state index in [4.69, 9.17) is 10.8 Å². The Morgan fingerprint density at radius 1 is 1.60 bits per heavy atom. The highest BCUT2D eigenvalue weighted by Gasteiger charge is 2.12. The number of ketones is 1. The van der Waals surface area contributed by atoms with E-state index < -0.39 is 12.6 Å². The van der Waals surface area contributed by atoms with Gasteiger partial charge < -0.3 is 10.8 Å². The molecule has 0 spiro atoms. The summed E-state index contributed by atoms with van der Waals surface area (Å²) >= 11 is 0. The summed E-state index contributed by atoms with van der Waals surface area (Å²) in [5.41, 5.74) is 5.42. The normalized spacial score (nSPS) is 13.7. The average Bonchev–Trinajstić information content (AvgIpc) is 1.85. The molecule has 1 atom stereocenters. The number of aliphatic hydroxyl groups excluding tert-OH is 1. The minimum Gasteiger partial charge on any atom is -0.389 e. The van der Waals surface area contributed by atoms with Crippen LogP contribution in [-0.4, -0.2) is 23.5 Å². The van der Waals surface area contributed by atoms with Crippen molar-refractivity contribution >= 4 is 5.78 Å². The van der Waals surface area contributed by atoms with Crippen molar-refractivity contribution in [3.63, 3.8) is 0 Å². The summed E-state index contributed by atoms with van der Waals surface area (Å²) < 4.78 is 0. The Kier molecular flexibility index (Phi) is 4.23. The van der Waals surface area contributed by atoms with Crippen molar-refractivity contribution < 1.29 is 9.90 Å². The Labute approximate surface area is 61.2 Å². The topological polar surface area (TPSA) is 63.3 Å². The fourth-order valence-electron chi connectivity index (χ4n) is 0.757. The first kappa shape index (κ1) is 9.59. The maximum atomic E-state index is 10.7. The van der Waals surface area contributed by atoms with Gasteiger partial charge in [0.1, 0.15) is 6.61 Å². The fraction of sp³-hybridized carbons (Fsp3) is 0.857. The van der Waals surface area contributed by atoms with Crippen molar-refractivity contribution in [2.24, 2.45) is 11.7 Å². The molecule has 0 bridgehead atoms. The number of nitrogens with two attached hydrogens (primary N) is 1. The van der Waals surface area contributed by atoms with E-state index in [1.165, 1.54) is 0 Å². The van der Waals surface area contributed by atoms with E-state index in [-0.39, 0.29) is 5.78 Å². The number of carbonyl (C=O) groups excluding carboxylic acids is 1. The third-order valence-corrected chi connectivity index (χ3v) is 1.29. The first-order chi connectivity index (χ1) is 4.57. The van der Waals surface area contributed by atoms with E-state index in [2.05, 4.69) is 0 Å². The first-order valence-corrected chi connectivity index (χ1v) is 3.47. The molecule has 0 aliphatic carbocycles. The summed E-state index contributed by atoms with van der Waals surface area (Å²) in [6.45, 7) is 3.54. The lowest BCUT2D eigenvalue weighted by molar-refractivity contribution is -0.123. The fourth-order valence-corrected chi connectivity index (χ4v) is 0.757. The Morgan fingerprint density at radius 2 is 2.10 bits per heavy atom. The van der Waals surface area contributed by atoms with Crippen LogP contribution in [0.5, 0.6) is 0 Å². The molecule has 0 aromatic heterocycles. The van der Waals surface area contributed by atoms with Crippen LogP contribution in [0, 0.1) is 5.92 Å². The lowest BCUT2D eigenvalue weighted by Gasteiger charge is -2.10. The second-order valence-electron chi connectivity index (χ2n) is 2.86. The van der Waals surface area contributed by atoms with Gasteiger partial charge in [0, 0.05) is 0 Å². The predicted octanol–water partition coefficient (Wildman–Crippen LogP) is -0.0788. The summed E-state index contributed by atoms with van der Waals surface area (Å²) in [6, 6.07) is -0.481. The van der Waals surface area contributed by atoms with Crippen LogP contribution < -0.4 is 5.73 Å². The molecule has 0 heterocycles. The largest absolute Gasteiger partial charge is 0.389 e. The summed E-state index contributed by atoms with van der Waals surface area (Å²) in [7, 11) is 0. The Bertz CT molecular complexity index is 112. The van der Waals surface area contributed by atoms with Crippen LogP contribution >= 0.6 is 0 Å². The number of hydrogen-bond acceptors (Lipinski definition) is 3. The molecule has 0 rings (SSSR count). The number of hydrogen-bond donors (Lipinski definition) is 2. The third-order valence-electron chi connectivity index (χ3n) is 1.29. The maximum absolute atomic E-state index is 10.7. The van der Waals surface area contributed by atoms with E-state index in [0.29, 0.717) is 12.3 Å². The van der Waals surface area contributed by atoms with Crippen LogP contribution in [0.3, 0.4) is 0 Å². The van der Waals surface area contributed by atoms with E-state index in [1.54, 1.807) is 0 Å². The molecule has 0 fully saturated rings. The molecule has 0 aliphatic rings. The molecule has 10 heavy (non-hydrogen) atoms. The van der Waals surface area contributed by atoms with Crippen LogP contribution in [0.15, 0.2) is 0 Å². The standard InChI is InChI=1S/C7H15NO2/c1-5(2)3-6(8)7(10)4-9/h5-6,9H,3-4,8H2,1-2H3/t6-/m0/s1. The summed E-state index contributed by atoms with van der Waals surface area (Å²) in [5.74, 6) is 0.138. The highest BCUT2D eigenvalue weighted by atomic mass is 16.3. The van der Waals surface area contributed by atoms with Crippen molar-refractivity contribution in [2.75, 3.05) is 6.61 Å². The molecule has 0 aromatic rings. The van der Waals surface area contributed by atoms with E-state index in [9.17, 15) is 4.79 Å². The molecular weight excluding hydrogens is 130 g/mol. The highest BCUT2D eigenvalue weighted by molar-refractivity contribution is 5.84. The Morgan fingerprint density at radius 3 is 2.40 bits per heavy atom. The minimum absolute atomic E-state index is 0.270. The molecule has 3 nitrogen and oxygen atoms in total. The maximum Gasteiger partial charge on any atom is 0.174 e. The van der Waals surface area contributed by atoms with E-state index in [0.717, 1.165) is 0 Å². The second-order valence-corrected chi connectivity index (χ2v) is 2.86. The molecular formula is C7H15NO2. The van der Waals surface area contributed by atoms with Gasteiger partial charge in [0.2, 0.25) is 0 Å². The average molecular weight is 145 g/mol. The van der Waals surface area contributed by atoms with Gasteiger partial charge in [-0.3, -0.25) is 4.79 Å². The van der Waals surface area contributed by atoms with Crippen molar-refractivity contribution in [2.45, 2.75) is 26.3 Å². The zero-order valence-electron chi connectivity index (χ0n) is 6.50. The molecule has 0 aromatic carbocycles. The van der Waals surface area contributed by atoms with E-state index in [1.807, 2.05) is 13.8 Å². The van der Waals surface area contributed by atoms with Gasteiger partial charge in [0.25, 0.3) is 0 Å². The van der Waals surface area contributed by atoms with Gasteiger partial charge in [-0.25, -0.2) is 0 Å². The van der Waals surface area contributed by atoms with E-state index >= 15 is 0 Å². The molecule has 3 N–H and O–H groups in total. The highest BCUT2D eigenvalue weighted by Crippen LogP contribution is 2.02. The van der Waals surface area contributed by atoms with Gasteiger partial charge in [-0.2, -0.15) is 0 Å². The van der Waals surface area contributed by atoms with Gasteiger partial charge in [-0.1, -0.05) is 13.8 Å². The lowest BCUT2D eigenvalue weighted by atomic mass is 10.0. The molecule has 0 unspecified atom stereocenters. The van der Waals surface area contributed by atoms with Crippen LogP contribution in [0.2, 0.25) is 0 Å². The van der Waals surface area contributed by atoms with Crippen LogP contribution in [0.4, 0.5) is 0 Å². The number of Topliss-reactive ketones (excluding diaryl/α,β-unsaturated/α-hetero) is 1. The third kappa shape index (κ3) is 3.58. The van der Waals surface area contributed by atoms with Gasteiger partial charge in [0.05, 0.1) is 6.04 Å². The monoisotopic (exact) mass is 145 g/mol. The quantitative estimate of drug-likeness (QED) is 0.581. The van der Waals surface area contributed by atoms with Gasteiger partial charge in [-0.05, 0) is 12.3 Å². The predicted molar refractivity (Wildman–Crippen MR) is 39.5 cm³/mol. The summed E-state index contributed by atoms with van der Waals surface area (Å²) in [6.07, 6.45) is 0.652. The lowest BCUT2D eigenvalue weighted by Crippen LogP contribution is -2.33. The van der Waals surface area contributed by atoms with Crippen molar-refractivity contribution in [3.05, 3.63) is 0 Å². The SMILES string of the molecule is CC(C)C[C@H](N)C(=O)CO. The first-order valence-electron chi connectivity index (χ1n) is 3.47. The van der Waals surface area contributed by atoms with Crippen LogP contribution in [0.25, 0.3) is 0 Å². The molecule has 0 amide bonds. The molecule has 0 radical (unpaired) electrons. The smallest absolute Gasteiger partial charge is 0.174 e. The molecule has 3 heteroatoms. The minimum atomic E-state index is -0.481. The van der Waals surface area contributed by atoms with Crippen LogP contribution in [-0.2, 0) is 4.79 Å². The molecule has 60 valence electrons. The van der Waals surface area contributed by atoms with Gasteiger partial charge in [0.15, 0.2) is 5.78 Å². The second kappa shape index (κ2) is 4.41. The number of rotatable bonds is 4. The van der Waals surface area contributed by atoms with Gasteiger partial charge in [-0.15, -0.1) is 0 Å². The molecule has 0 saturated carbocycles. The molecule has 0 aliphatic heterocycles. The Hall–Kier alpha value is -0.410. The summed E-state index contributed by atoms with van der Waals surface area (Å²) in [5, 5.41) is 8.39. The summed E-state index contributed by atoms with van der Waals surface area (Å²) in [4.78, 5) is 10.7. The Balaban J connectivity index is 3.61. The zero-order valence-corrected chi connectivity index (χ0v) is 6.50. The van der Waals surface area contributed by atoms with Crippen LogP contribution in [0.1, 0.15) is 20.3 Å². The number of carbonyl (C=O) groups is 1. The van der Waals surface area contributed by atoms with Gasteiger partial charge >= 0.3 is 0 Å².